The van der Waals surface area contributed by atoms with Crippen LogP contribution in [-0.4, -0.2) is 43.0 Å². The van der Waals surface area contributed by atoms with E-state index in [2.05, 4.69) is 5.32 Å². The Labute approximate surface area is 200 Å². The molecule has 0 saturated heterocycles. The van der Waals surface area contributed by atoms with Crippen molar-refractivity contribution >= 4 is 11.8 Å². The zero-order valence-corrected chi connectivity index (χ0v) is 19.5. The molecule has 5 nitrogen and oxygen atoms in total. The van der Waals surface area contributed by atoms with Gasteiger partial charge in [-0.15, -0.1) is 0 Å². The maximum absolute atomic E-state index is 13.5. The number of carbonyl (C=O) groups is 2. The fourth-order valence-electron chi connectivity index (χ4n) is 3.76. The van der Waals surface area contributed by atoms with Crippen molar-refractivity contribution in [3.63, 3.8) is 0 Å². The summed E-state index contributed by atoms with van der Waals surface area (Å²) in [4.78, 5) is 28.5. The van der Waals surface area contributed by atoms with Gasteiger partial charge < -0.3 is 15.0 Å². The molecule has 3 aromatic carbocycles. The first-order chi connectivity index (χ1) is 16.6. The van der Waals surface area contributed by atoms with Crippen LogP contribution in [0, 0.1) is 5.82 Å². The number of benzene rings is 3. The van der Waals surface area contributed by atoms with Crippen molar-refractivity contribution in [3.8, 4) is 0 Å². The molecule has 0 aliphatic carbocycles. The van der Waals surface area contributed by atoms with Gasteiger partial charge in [-0.05, 0) is 35.2 Å². The summed E-state index contributed by atoms with van der Waals surface area (Å²) in [6.07, 6.45) is 1.22. The first-order valence-electron chi connectivity index (χ1n) is 11.4. The van der Waals surface area contributed by atoms with Gasteiger partial charge in [0.2, 0.25) is 11.8 Å². The highest BCUT2D eigenvalue weighted by molar-refractivity contribution is 5.88. The molecule has 3 rings (SSSR count). The van der Waals surface area contributed by atoms with Crippen LogP contribution in [0.4, 0.5) is 4.39 Å². The van der Waals surface area contributed by atoms with Crippen LogP contribution >= 0.6 is 0 Å². The van der Waals surface area contributed by atoms with Crippen molar-refractivity contribution in [2.45, 2.75) is 31.8 Å². The average molecular weight is 463 g/mol. The SMILES string of the molecule is COCCCNC(=O)[C@@H](Cc1ccccc1)N(Cc1ccc(F)cc1)C(=O)Cc1ccccc1. The second-order valence-electron chi connectivity index (χ2n) is 8.15. The molecule has 1 N–H and O–H groups in total. The molecule has 0 heterocycles. The largest absolute Gasteiger partial charge is 0.385 e. The number of halogens is 1. The van der Waals surface area contributed by atoms with Crippen LogP contribution < -0.4 is 5.32 Å². The Hall–Kier alpha value is -3.51. The molecule has 0 aromatic heterocycles. The number of rotatable bonds is 12. The smallest absolute Gasteiger partial charge is 0.243 e. The van der Waals surface area contributed by atoms with Crippen molar-refractivity contribution in [2.75, 3.05) is 20.3 Å². The molecule has 0 unspecified atom stereocenters. The average Bonchev–Trinajstić information content (AvgIpc) is 2.86. The molecule has 0 spiro atoms. The Kier molecular flexibility index (Phi) is 9.80. The van der Waals surface area contributed by atoms with E-state index < -0.39 is 6.04 Å². The Morgan fingerprint density at radius 2 is 1.50 bits per heavy atom. The quantitative estimate of drug-likeness (QED) is 0.411. The summed E-state index contributed by atoms with van der Waals surface area (Å²) in [5.74, 6) is -0.727. The van der Waals surface area contributed by atoms with E-state index in [1.807, 2.05) is 60.7 Å². The van der Waals surface area contributed by atoms with Gasteiger partial charge in [-0.1, -0.05) is 72.8 Å². The standard InChI is InChI=1S/C28H31FN2O3/c1-34-18-8-17-30-28(33)26(19-22-9-4-2-5-10-22)31(21-24-13-15-25(29)16-14-24)27(32)20-23-11-6-3-7-12-23/h2-7,9-16,26H,8,17-21H2,1H3,(H,30,33)/t26-/m1/s1. The molecule has 34 heavy (non-hydrogen) atoms. The highest BCUT2D eigenvalue weighted by Gasteiger charge is 2.30. The lowest BCUT2D eigenvalue weighted by molar-refractivity contribution is -0.140. The molecule has 2 amide bonds. The Balaban J connectivity index is 1.89. The van der Waals surface area contributed by atoms with Gasteiger partial charge in [0, 0.05) is 33.2 Å². The highest BCUT2D eigenvalue weighted by atomic mass is 19.1. The summed E-state index contributed by atoms with van der Waals surface area (Å²) >= 11 is 0. The summed E-state index contributed by atoms with van der Waals surface area (Å²) in [5, 5.41) is 2.96. The summed E-state index contributed by atoms with van der Waals surface area (Å²) in [6.45, 7) is 1.19. The predicted molar refractivity (Wildman–Crippen MR) is 131 cm³/mol. The Morgan fingerprint density at radius 1 is 0.882 bits per heavy atom. The number of ether oxygens (including phenoxy) is 1. The molecule has 0 fully saturated rings. The van der Waals surface area contributed by atoms with Crippen LogP contribution in [0.5, 0.6) is 0 Å². The molecule has 0 aliphatic rings. The minimum Gasteiger partial charge on any atom is -0.385 e. The van der Waals surface area contributed by atoms with Crippen molar-refractivity contribution in [2.24, 2.45) is 0 Å². The lowest BCUT2D eigenvalue weighted by Gasteiger charge is -2.31. The second-order valence-corrected chi connectivity index (χ2v) is 8.15. The third-order valence-electron chi connectivity index (χ3n) is 5.56. The number of nitrogens with one attached hydrogen (secondary N) is 1. The summed E-state index contributed by atoms with van der Waals surface area (Å²) < 4.78 is 18.6. The van der Waals surface area contributed by atoms with E-state index in [-0.39, 0.29) is 30.6 Å². The van der Waals surface area contributed by atoms with Crippen LogP contribution in [0.2, 0.25) is 0 Å². The first-order valence-corrected chi connectivity index (χ1v) is 11.4. The second kappa shape index (κ2) is 13.3. The minimum atomic E-state index is -0.716. The maximum Gasteiger partial charge on any atom is 0.243 e. The normalized spacial score (nSPS) is 11.6. The monoisotopic (exact) mass is 462 g/mol. The van der Waals surface area contributed by atoms with Crippen molar-refractivity contribution in [3.05, 3.63) is 107 Å². The lowest BCUT2D eigenvalue weighted by Crippen LogP contribution is -2.51. The van der Waals surface area contributed by atoms with E-state index in [1.54, 1.807) is 24.1 Å². The van der Waals surface area contributed by atoms with Crippen LogP contribution in [0.25, 0.3) is 0 Å². The minimum absolute atomic E-state index is 0.163. The van der Waals surface area contributed by atoms with Gasteiger partial charge in [0.05, 0.1) is 6.42 Å². The molecule has 6 heteroatoms. The molecule has 3 aromatic rings. The Morgan fingerprint density at radius 3 is 2.12 bits per heavy atom. The topological polar surface area (TPSA) is 58.6 Å². The van der Waals surface area contributed by atoms with Crippen LogP contribution in [-0.2, 0) is 33.7 Å². The number of carbonyl (C=O) groups excluding carboxylic acids is 2. The van der Waals surface area contributed by atoms with Gasteiger partial charge in [-0.3, -0.25) is 9.59 Å². The van der Waals surface area contributed by atoms with Crippen molar-refractivity contribution < 1.29 is 18.7 Å². The molecule has 0 saturated carbocycles. The number of hydrogen-bond acceptors (Lipinski definition) is 3. The molecule has 1 atom stereocenters. The van der Waals surface area contributed by atoms with E-state index in [0.29, 0.717) is 26.0 Å². The van der Waals surface area contributed by atoms with Crippen LogP contribution in [0.15, 0.2) is 84.9 Å². The highest BCUT2D eigenvalue weighted by Crippen LogP contribution is 2.17. The van der Waals surface area contributed by atoms with Gasteiger partial charge in [-0.25, -0.2) is 4.39 Å². The van der Waals surface area contributed by atoms with Gasteiger partial charge in [0.25, 0.3) is 0 Å². The van der Waals surface area contributed by atoms with Gasteiger partial charge in [0.1, 0.15) is 11.9 Å². The zero-order chi connectivity index (χ0) is 24.2. The van der Waals surface area contributed by atoms with Crippen molar-refractivity contribution in [1.82, 2.24) is 10.2 Å². The Bertz CT molecular complexity index is 1030. The van der Waals surface area contributed by atoms with Gasteiger partial charge in [0.15, 0.2) is 0 Å². The summed E-state index contributed by atoms with van der Waals surface area (Å²) in [6, 6.07) is 24.4. The van der Waals surface area contributed by atoms with E-state index in [1.165, 1.54) is 12.1 Å². The lowest BCUT2D eigenvalue weighted by atomic mass is 10.0. The molecule has 0 bridgehead atoms. The number of nitrogens with zero attached hydrogens (tertiary/aromatic N) is 1. The summed E-state index contributed by atoms with van der Waals surface area (Å²) in [5.41, 5.74) is 2.58. The van der Waals surface area contributed by atoms with E-state index in [4.69, 9.17) is 4.74 Å². The molecule has 0 aliphatic heterocycles. The fraction of sp³-hybridized carbons (Fsp3) is 0.286. The number of amides is 2. The van der Waals surface area contributed by atoms with Crippen molar-refractivity contribution in [1.29, 1.82) is 0 Å². The third-order valence-corrected chi connectivity index (χ3v) is 5.56. The zero-order valence-electron chi connectivity index (χ0n) is 19.5. The fourth-order valence-corrected chi connectivity index (χ4v) is 3.76. The van der Waals surface area contributed by atoms with Gasteiger partial charge >= 0.3 is 0 Å². The molecule has 0 radical (unpaired) electrons. The third kappa shape index (κ3) is 7.81. The van der Waals surface area contributed by atoms with E-state index in [0.717, 1.165) is 16.7 Å². The number of methoxy groups -OCH3 is 1. The molecular weight excluding hydrogens is 431 g/mol. The molecular formula is C28H31FN2O3. The maximum atomic E-state index is 13.5. The van der Waals surface area contributed by atoms with E-state index in [9.17, 15) is 14.0 Å². The predicted octanol–water partition coefficient (Wildman–Crippen LogP) is 4.16. The number of hydrogen-bond donors (Lipinski definition) is 1. The van der Waals surface area contributed by atoms with Gasteiger partial charge in [-0.2, -0.15) is 0 Å². The van der Waals surface area contributed by atoms with Crippen LogP contribution in [0.3, 0.4) is 0 Å². The first kappa shape index (κ1) is 25.1. The molecule has 178 valence electrons. The summed E-state index contributed by atoms with van der Waals surface area (Å²) in [7, 11) is 1.62. The van der Waals surface area contributed by atoms with E-state index >= 15 is 0 Å². The van der Waals surface area contributed by atoms with Crippen LogP contribution in [0.1, 0.15) is 23.1 Å².